The normalized spacial score (nSPS) is 15.0. The second kappa shape index (κ2) is 20.8. The lowest BCUT2D eigenvalue weighted by Gasteiger charge is -2.46. The topological polar surface area (TPSA) is 11.4 Å². The summed E-state index contributed by atoms with van der Waals surface area (Å²) in [6, 6.07) is 146. The van der Waals surface area contributed by atoms with Crippen molar-refractivity contribution in [3.8, 4) is 83.6 Å². The number of rotatable bonds is 4. The Morgan fingerprint density at radius 1 is 0.211 bits per heavy atom. The van der Waals surface area contributed by atoms with Gasteiger partial charge >= 0.3 is 0 Å². The van der Waals surface area contributed by atoms with Crippen LogP contribution in [0, 0.1) is 0 Å². The van der Waals surface area contributed by atoms with Gasteiger partial charge in [0.2, 0.25) is 0 Å². The van der Waals surface area contributed by atoms with Gasteiger partial charge in [0.15, 0.2) is 0 Å². The zero-order valence-corrected chi connectivity index (χ0v) is 59.2. The molecule has 1 aromatic heterocycles. The number of hydrogen-bond donors (Lipinski definition) is 0. The first-order valence-corrected chi connectivity index (χ1v) is 38.4. The van der Waals surface area contributed by atoms with Crippen molar-refractivity contribution in [1.82, 2.24) is 4.57 Å². The Balaban J connectivity index is 0.833. The molecule has 4 heteroatoms. The summed E-state index contributed by atoms with van der Waals surface area (Å²) in [7, 11) is 0. The van der Waals surface area contributed by atoms with Crippen LogP contribution in [0.5, 0.6) is 0 Å². The molecule has 0 saturated carbocycles. The largest absolute Gasteiger partial charge is 0.311 e. The van der Waals surface area contributed by atoms with E-state index in [0.717, 1.165) is 39.5 Å². The molecule has 0 saturated heterocycles. The lowest BCUT2D eigenvalue weighted by atomic mass is 9.33. The van der Waals surface area contributed by atoms with Gasteiger partial charge < -0.3 is 14.4 Å². The number of fused-ring (bicyclic) bond motifs is 38. The van der Waals surface area contributed by atoms with Gasteiger partial charge in [-0.1, -0.05) is 322 Å². The van der Waals surface area contributed by atoms with E-state index in [4.69, 9.17) is 0 Å². The Hall–Kier alpha value is -13.8. The molecule has 0 unspecified atom stereocenters. The molecule has 3 spiro atoms. The zero-order chi connectivity index (χ0) is 70.7. The smallest absolute Gasteiger partial charge is 0.252 e. The maximum absolute atomic E-state index is 2.74. The van der Waals surface area contributed by atoms with Gasteiger partial charge in [-0.3, -0.25) is 0 Å². The highest BCUT2D eigenvalue weighted by Crippen LogP contribution is 2.69. The van der Waals surface area contributed by atoms with Gasteiger partial charge in [0.1, 0.15) is 0 Å². The van der Waals surface area contributed by atoms with Gasteiger partial charge in [-0.2, -0.15) is 0 Å². The van der Waals surface area contributed by atoms with Crippen molar-refractivity contribution < 1.29 is 0 Å². The highest BCUT2D eigenvalue weighted by atomic mass is 15.2. The third-order valence-corrected chi connectivity index (χ3v) is 26.6. The Morgan fingerprint density at radius 2 is 0.569 bits per heavy atom. The molecule has 6 aliphatic carbocycles. The van der Waals surface area contributed by atoms with Crippen molar-refractivity contribution in [1.29, 1.82) is 0 Å². The standard InChI is InChI=1S/C105H62BN3/c1-2-26-63(27-3-1)64-50-52-65(53-51-64)109-99-60-67(108-95-48-24-13-36-76(95)77-37-14-25-49-96(77)108)59-98-101(99)106(93-57-56-91-100(102(93)109)78-38-12-23-47-89(78)104(91)83-41-17-6-30-70(83)71-31-7-18-42-84(71)104)94-61-80-75-35-11-22-46-88(75)105(85-43-19-8-32-72(85)73-33-9-20-44-86(73)105)92(80)62-97(94)107(98)66-54-55-90-79(58-66)74-34-10-21-45-87(74)103(90)81-39-15-4-28-68(81)69-29-5-16-40-82(69)103/h1-62H. The first-order valence-electron chi connectivity index (χ1n) is 38.4. The van der Waals surface area contributed by atoms with Crippen molar-refractivity contribution in [2.45, 2.75) is 16.2 Å². The van der Waals surface area contributed by atoms with Crippen LogP contribution in [0.25, 0.3) is 105 Å². The molecule has 0 fully saturated rings. The van der Waals surface area contributed by atoms with Crippen LogP contribution < -0.4 is 26.2 Å². The second-order valence-electron chi connectivity index (χ2n) is 31.1. The monoisotopic (exact) mass is 1380 g/mol. The van der Waals surface area contributed by atoms with Gasteiger partial charge in [0.05, 0.1) is 33.0 Å². The van der Waals surface area contributed by atoms with Gasteiger partial charge in [-0.25, -0.2) is 0 Å². The third kappa shape index (κ3) is 6.96. The Bertz CT molecular complexity index is 6960. The molecule has 3 heterocycles. The van der Waals surface area contributed by atoms with E-state index >= 15 is 0 Å². The summed E-state index contributed by atoms with van der Waals surface area (Å²) in [6.07, 6.45) is 0. The van der Waals surface area contributed by atoms with Gasteiger partial charge in [0.25, 0.3) is 6.71 Å². The highest BCUT2D eigenvalue weighted by molar-refractivity contribution is 7.00. The van der Waals surface area contributed by atoms with E-state index in [1.165, 1.54) is 183 Å². The fourth-order valence-corrected chi connectivity index (χ4v) is 22.8. The number of aromatic nitrogens is 1. The molecule has 0 N–H and O–H groups in total. The summed E-state index contributed by atoms with van der Waals surface area (Å²) < 4.78 is 2.57. The fraction of sp³-hybridized carbons (Fsp3) is 0.0286. The van der Waals surface area contributed by atoms with Crippen LogP contribution in [0.2, 0.25) is 0 Å². The van der Waals surface area contributed by atoms with Crippen LogP contribution in [0.1, 0.15) is 66.8 Å². The molecule has 26 rings (SSSR count). The van der Waals surface area contributed by atoms with Crippen molar-refractivity contribution in [2.24, 2.45) is 0 Å². The molecule has 500 valence electrons. The summed E-state index contributed by atoms with van der Waals surface area (Å²) in [4.78, 5) is 5.46. The Morgan fingerprint density at radius 3 is 1.06 bits per heavy atom. The molecule has 0 amide bonds. The molecule has 0 bridgehead atoms. The molecule has 0 atom stereocenters. The SMILES string of the molecule is c1ccc(-c2ccc(N3c4cc(-n5c6ccccc6c6ccccc65)cc5c4B(c4cc6c(cc4N5c4ccc5c(c4)-c4ccccc4C54c5ccccc5-c5ccccc54)C4(c5ccccc5-c5ccccc54)c4ccccc4-6)c4ccc5c(c43)-c3ccccc3C53c4ccccc4-c4ccccc43)cc2)cc1. The lowest BCUT2D eigenvalue weighted by Crippen LogP contribution is -2.61. The van der Waals surface area contributed by atoms with Crippen LogP contribution >= 0.6 is 0 Å². The van der Waals surface area contributed by atoms with Crippen LogP contribution in [0.15, 0.2) is 376 Å². The first kappa shape index (κ1) is 58.5. The summed E-state index contributed by atoms with van der Waals surface area (Å²) >= 11 is 0. The van der Waals surface area contributed by atoms with E-state index < -0.39 is 16.2 Å². The molecular formula is C105H62BN3. The summed E-state index contributed by atoms with van der Waals surface area (Å²) in [6.45, 7) is -0.266. The number of hydrogen-bond acceptors (Lipinski definition) is 2. The summed E-state index contributed by atoms with van der Waals surface area (Å²) in [5, 5.41) is 2.44. The number of anilines is 6. The fourth-order valence-electron chi connectivity index (χ4n) is 22.8. The lowest BCUT2D eigenvalue weighted by molar-refractivity contribution is 0.793. The quantitative estimate of drug-likeness (QED) is 0.163. The predicted octanol–water partition coefficient (Wildman–Crippen LogP) is 23.6. The molecule has 109 heavy (non-hydrogen) atoms. The summed E-state index contributed by atoms with van der Waals surface area (Å²) in [5.41, 5.74) is 46.0. The number of para-hydroxylation sites is 2. The van der Waals surface area contributed by atoms with Crippen molar-refractivity contribution in [2.75, 3.05) is 9.80 Å². The van der Waals surface area contributed by atoms with Crippen LogP contribution in [0.3, 0.4) is 0 Å². The minimum atomic E-state index is -0.623. The molecule has 18 aromatic rings. The van der Waals surface area contributed by atoms with Crippen molar-refractivity contribution in [3.05, 3.63) is 443 Å². The minimum absolute atomic E-state index is 0.266. The van der Waals surface area contributed by atoms with Gasteiger partial charge in [-0.15, -0.1) is 0 Å². The van der Waals surface area contributed by atoms with Gasteiger partial charge in [0, 0.05) is 50.5 Å². The Labute approximate surface area is 631 Å². The summed E-state index contributed by atoms with van der Waals surface area (Å²) in [5.74, 6) is 0. The Kier molecular flexibility index (Phi) is 11.2. The van der Waals surface area contributed by atoms with Crippen LogP contribution in [0.4, 0.5) is 34.1 Å². The van der Waals surface area contributed by atoms with E-state index in [0.29, 0.717) is 0 Å². The van der Waals surface area contributed by atoms with E-state index in [-0.39, 0.29) is 6.71 Å². The van der Waals surface area contributed by atoms with E-state index in [2.05, 4.69) is 390 Å². The van der Waals surface area contributed by atoms with Crippen LogP contribution in [-0.2, 0) is 16.2 Å². The maximum atomic E-state index is 2.74. The second-order valence-corrected chi connectivity index (χ2v) is 31.1. The average molecular weight is 1380 g/mol. The number of benzene rings is 17. The molecule has 3 nitrogen and oxygen atoms in total. The van der Waals surface area contributed by atoms with Crippen molar-refractivity contribution in [3.63, 3.8) is 0 Å². The molecule has 2 aliphatic heterocycles. The molecule has 17 aromatic carbocycles. The zero-order valence-electron chi connectivity index (χ0n) is 59.2. The third-order valence-electron chi connectivity index (χ3n) is 26.6. The molecule has 8 aliphatic rings. The predicted molar refractivity (Wildman–Crippen MR) is 449 cm³/mol. The van der Waals surface area contributed by atoms with Gasteiger partial charge in [-0.05, 0) is 210 Å². The van der Waals surface area contributed by atoms with E-state index in [1.54, 1.807) is 0 Å². The highest BCUT2D eigenvalue weighted by Gasteiger charge is 2.58. The molecular weight excluding hydrogens is 1310 g/mol. The number of nitrogens with zero attached hydrogens (tertiary/aromatic N) is 3. The van der Waals surface area contributed by atoms with E-state index in [1.807, 2.05) is 0 Å². The average Bonchev–Trinajstić information content (AvgIpc) is 1.61. The van der Waals surface area contributed by atoms with Crippen molar-refractivity contribution >= 4 is 79.0 Å². The van der Waals surface area contributed by atoms with Crippen LogP contribution in [-0.4, -0.2) is 11.3 Å². The molecule has 0 radical (unpaired) electrons. The minimum Gasteiger partial charge on any atom is -0.311 e. The maximum Gasteiger partial charge on any atom is 0.252 e. The first-order chi connectivity index (χ1) is 54.1. The van der Waals surface area contributed by atoms with E-state index in [9.17, 15) is 0 Å².